The van der Waals surface area contributed by atoms with Crippen LogP contribution in [0.15, 0.2) is 24.4 Å². The maximum absolute atomic E-state index is 12.5. The van der Waals surface area contributed by atoms with Gasteiger partial charge < -0.3 is 4.90 Å². The van der Waals surface area contributed by atoms with Crippen LogP contribution in [0.4, 0.5) is 19.1 Å². The molecule has 0 spiro atoms. The van der Waals surface area contributed by atoms with Crippen LogP contribution in [0, 0.1) is 0 Å². The minimum atomic E-state index is -4.44. The minimum absolute atomic E-state index is 0.0744. The third-order valence-electron chi connectivity index (χ3n) is 2.06. The molecule has 0 aromatic carbocycles. The highest BCUT2D eigenvalue weighted by molar-refractivity contribution is 5.32. The predicted molar refractivity (Wildman–Crippen MR) is 59.7 cm³/mol. The maximum atomic E-state index is 12.5. The number of halogens is 3. The molecular formula is C11H14F3N3. The van der Waals surface area contributed by atoms with E-state index in [9.17, 15) is 13.2 Å². The fourth-order valence-corrected chi connectivity index (χ4v) is 1.31. The molecule has 1 aromatic rings. The summed E-state index contributed by atoms with van der Waals surface area (Å²) in [7, 11) is 0. The van der Waals surface area contributed by atoms with E-state index in [1.54, 1.807) is 11.8 Å². The van der Waals surface area contributed by atoms with Crippen LogP contribution in [0.5, 0.6) is 0 Å². The van der Waals surface area contributed by atoms with Crippen LogP contribution >= 0.6 is 0 Å². The highest BCUT2D eigenvalue weighted by Crippen LogP contribution is 2.28. The van der Waals surface area contributed by atoms with Crippen molar-refractivity contribution in [2.45, 2.75) is 20.0 Å². The number of nitrogens with zero attached hydrogens (tertiary/aromatic N) is 3. The Morgan fingerprint density at radius 1 is 1.47 bits per heavy atom. The summed E-state index contributed by atoms with van der Waals surface area (Å²) in [6.45, 7) is 8.31. The van der Waals surface area contributed by atoms with Gasteiger partial charge in [0.15, 0.2) is 0 Å². The zero-order chi connectivity index (χ0) is 13.1. The average Bonchev–Trinajstić information content (AvgIpc) is 2.24. The van der Waals surface area contributed by atoms with Gasteiger partial charge in [-0.2, -0.15) is 13.2 Å². The molecular weight excluding hydrogens is 231 g/mol. The molecule has 6 heteroatoms. The Balaban J connectivity index is 3.01. The second-order valence-corrected chi connectivity index (χ2v) is 3.71. The molecule has 0 bridgehead atoms. The smallest absolute Gasteiger partial charge is 0.337 e. The molecule has 0 atom stereocenters. The van der Waals surface area contributed by atoms with E-state index in [0.29, 0.717) is 13.1 Å². The lowest BCUT2D eigenvalue weighted by atomic mass is 10.3. The molecule has 0 aliphatic rings. The quantitative estimate of drug-likeness (QED) is 0.764. The summed E-state index contributed by atoms with van der Waals surface area (Å²) >= 11 is 0. The fourth-order valence-electron chi connectivity index (χ4n) is 1.31. The third kappa shape index (κ3) is 3.72. The van der Waals surface area contributed by atoms with Gasteiger partial charge in [-0.1, -0.05) is 12.2 Å². The minimum Gasteiger partial charge on any atom is -0.337 e. The van der Waals surface area contributed by atoms with Crippen molar-refractivity contribution in [1.29, 1.82) is 0 Å². The summed E-state index contributed by atoms with van der Waals surface area (Å²) in [5.74, 6) is 0.0744. The van der Waals surface area contributed by atoms with Gasteiger partial charge in [-0.3, -0.25) is 0 Å². The third-order valence-corrected chi connectivity index (χ3v) is 2.06. The summed E-state index contributed by atoms with van der Waals surface area (Å²) in [5.41, 5.74) is -0.0875. The maximum Gasteiger partial charge on any atom is 0.433 e. The van der Waals surface area contributed by atoms with Crippen molar-refractivity contribution in [2.75, 3.05) is 18.0 Å². The summed E-state index contributed by atoms with van der Waals surface area (Å²) < 4.78 is 37.4. The summed E-state index contributed by atoms with van der Waals surface area (Å²) in [6.07, 6.45) is -3.33. The average molecular weight is 245 g/mol. The van der Waals surface area contributed by atoms with Crippen molar-refractivity contribution >= 4 is 5.95 Å². The van der Waals surface area contributed by atoms with Gasteiger partial charge in [0.05, 0.1) is 0 Å². The second-order valence-electron chi connectivity index (χ2n) is 3.71. The lowest BCUT2D eigenvalue weighted by Gasteiger charge is -2.21. The zero-order valence-corrected chi connectivity index (χ0v) is 9.75. The summed E-state index contributed by atoms with van der Waals surface area (Å²) in [6, 6.07) is 0.859. The van der Waals surface area contributed by atoms with E-state index < -0.39 is 11.9 Å². The normalized spacial score (nSPS) is 11.4. The van der Waals surface area contributed by atoms with Crippen molar-refractivity contribution in [2.24, 2.45) is 0 Å². The Hall–Kier alpha value is -1.59. The van der Waals surface area contributed by atoms with Crippen molar-refractivity contribution in [3.05, 3.63) is 30.1 Å². The van der Waals surface area contributed by atoms with Crippen LogP contribution in [-0.4, -0.2) is 23.1 Å². The van der Waals surface area contributed by atoms with Crippen LogP contribution < -0.4 is 4.90 Å². The summed E-state index contributed by atoms with van der Waals surface area (Å²) in [4.78, 5) is 9.00. The first-order valence-corrected chi connectivity index (χ1v) is 5.14. The monoisotopic (exact) mass is 245 g/mol. The zero-order valence-electron chi connectivity index (χ0n) is 9.75. The molecule has 1 rings (SSSR count). The van der Waals surface area contributed by atoms with Crippen LogP contribution in [0.2, 0.25) is 0 Å². The number of hydrogen-bond donors (Lipinski definition) is 0. The number of anilines is 1. The van der Waals surface area contributed by atoms with Crippen LogP contribution in [0.1, 0.15) is 19.5 Å². The Labute approximate surface area is 98.0 Å². The molecule has 0 aliphatic heterocycles. The highest BCUT2D eigenvalue weighted by atomic mass is 19.4. The van der Waals surface area contributed by atoms with Gasteiger partial charge in [-0.05, 0) is 19.9 Å². The SMILES string of the molecule is C=C(C)CN(CC)c1nccc(C(F)(F)F)n1. The van der Waals surface area contributed by atoms with Crippen molar-refractivity contribution in [3.63, 3.8) is 0 Å². The van der Waals surface area contributed by atoms with Gasteiger partial charge in [-0.25, -0.2) is 9.97 Å². The molecule has 0 aliphatic carbocycles. The number of rotatable bonds is 4. The van der Waals surface area contributed by atoms with Crippen molar-refractivity contribution in [1.82, 2.24) is 9.97 Å². The van der Waals surface area contributed by atoms with Crippen LogP contribution in [-0.2, 0) is 6.18 Å². The molecule has 0 N–H and O–H groups in total. The van der Waals surface area contributed by atoms with E-state index in [1.165, 1.54) is 0 Å². The van der Waals surface area contributed by atoms with Crippen LogP contribution in [0.3, 0.4) is 0 Å². The molecule has 3 nitrogen and oxygen atoms in total. The standard InChI is InChI=1S/C11H14F3N3/c1-4-17(7-8(2)3)10-15-6-5-9(16-10)11(12,13)14/h5-6H,2,4,7H2,1,3H3. The van der Waals surface area contributed by atoms with E-state index in [-0.39, 0.29) is 5.95 Å². The van der Waals surface area contributed by atoms with E-state index >= 15 is 0 Å². The number of likely N-dealkylation sites (N-methyl/N-ethyl adjacent to an activating group) is 1. The molecule has 94 valence electrons. The van der Waals surface area contributed by atoms with Gasteiger partial charge in [0.2, 0.25) is 5.95 Å². The summed E-state index contributed by atoms with van der Waals surface area (Å²) in [5, 5.41) is 0. The van der Waals surface area contributed by atoms with Crippen LogP contribution in [0.25, 0.3) is 0 Å². The molecule has 0 fully saturated rings. The lowest BCUT2D eigenvalue weighted by molar-refractivity contribution is -0.141. The topological polar surface area (TPSA) is 29.0 Å². The lowest BCUT2D eigenvalue weighted by Crippen LogP contribution is -2.27. The fraction of sp³-hybridized carbons (Fsp3) is 0.455. The molecule has 0 saturated heterocycles. The molecule has 1 aromatic heterocycles. The van der Waals surface area contributed by atoms with E-state index in [0.717, 1.165) is 17.8 Å². The first-order valence-electron chi connectivity index (χ1n) is 5.14. The molecule has 0 saturated carbocycles. The largest absolute Gasteiger partial charge is 0.433 e. The number of alkyl halides is 3. The Kier molecular flexibility index (Phi) is 4.09. The molecule has 0 radical (unpaired) electrons. The Morgan fingerprint density at radius 2 is 2.12 bits per heavy atom. The number of hydrogen-bond acceptors (Lipinski definition) is 3. The number of aromatic nitrogens is 2. The molecule has 17 heavy (non-hydrogen) atoms. The molecule has 0 unspecified atom stereocenters. The van der Waals surface area contributed by atoms with E-state index in [2.05, 4.69) is 16.5 Å². The highest BCUT2D eigenvalue weighted by Gasteiger charge is 2.33. The second kappa shape index (κ2) is 5.16. The van der Waals surface area contributed by atoms with Crippen molar-refractivity contribution in [3.8, 4) is 0 Å². The van der Waals surface area contributed by atoms with Gasteiger partial charge in [0.25, 0.3) is 0 Å². The first-order chi connectivity index (χ1) is 7.84. The first kappa shape index (κ1) is 13.5. The van der Waals surface area contributed by atoms with E-state index in [4.69, 9.17) is 0 Å². The van der Waals surface area contributed by atoms with Gasteiger partial charge in [0.1, 0.15) is 5.69 Å². The Morgan fingerprint density at radius 3 is 2.59 bits per heavy atom. The van der Waals surface area contributed by atoms with Gasteiger partial charge in [0, 0.05) is 19.3 Å². The molecule has 1 heterocycles. The predicted octanol–water partition coefficient (Wildman–Crippen LogP) is 2.90. The van der Waals surface area contributed by atoms with E-state index in [1.807, 2.05) is 6.92 Å². The van der Waals surface area contributed by atoms with Crippen molar-refractivity contribution < 1.29 is 13.2 Å². The Bertz CT molecular complexity index is 401. The van der Waals surface area contributed by atoms with Gasteiger partial charge in [-0.15, -0.1) is 0 Å². The molecule has 0 amide bonds. The van der Waals surface area contributed by atoms with Gasteiger partial charge >= 0.3 is 6.18 Å².